The fraction of sp³-hybridized carbons (Fsp3) is 0.824. The minimum absolute atomic E-state index is 0.0200. The molecule has 0 bridgehead atoms. The predicted octanol–water partition coefficient (Wildman–Crippen LogP) is 3.08. The van der Waals surface area contributed by atoms with E-state index < -0.39 is 29.3 Å². The van der Waals surface area contributed by atoms with Crippen molar-refractivity contribution in [3.05, 3.63) is 0 Å². The molecule has 0 radical (unpaired) electrons. The Kier molecular flexibility index (Phi) is 5.83. The summed E-state index contributed by atoms with van der Waals surface area (Å²) in [6, 6.07) is -1.02. The first-order valence-electron chi connectivity index (χ1n) is 8.04. The van der Waals surface area contributed by atoms with Crippen LogP contribution < -0.4 is 0 Å². The number of Topliss-reactive ketones (excluding diaryl/α,β-unsaturated/α-hetero) is 1. The number of nitrogens with zero attached hydrogens (tertiary/aromatic N) is 1. The van der Waals surface area contributed by atoms with Crippen LogP contribution in [0.5, 0.6) is 0 Å². The van der Waals surface area contributed by atoms with Crippen LogP contribution >= 0.6 is 0 Å². The van der Waals surface area contributed by atoms with Gasteiger partial charge in [0.25, 0.3) is 0 Å². The summed E-state index contributed by atoms with van der Waals surface area (Å²) < 4.78 is 10.8. The van der Waals surface area contributed by atoms with Crippen molar-refractivity contribution in [2.24, 2.45) is 0 Å². The molecule has 0 spiro atoms. The molecule has 1 amide bonds. The number of carbonyl (C=O) groups is 3. The quantitative estimate of drug-likeness (QED) is 0.745. The fourth-order valence-electron chi connectivity index (χ4n) is 2.61. The fourth-order valence-corrected chi connectivity index (χ4v) is 2.61. The van der Waals surface area contributed by atoms with E-state index in [1.165, 1.54) is 11.8 Å². The van der Waals surface area contributed by atoms with E-state index in [0.717, 1.165) is 0 Å². The SMILES string of the molecule is CC(=O)C[C@@H]1CC[C@H](C(=O)OC(C)(C)C)N1C(=O)OC(C)(C)C. The average Bonchev–Trinajstić information content (AvgIpc) is 2.66. The third-order valence-electron chi connectivity index (χ3n) is 3.31. The second-order valence-electron chi connectivity index (χ2n) is 8.07. The predicted molar refractivity (Wildman–Crippen MR) is 86.0 cm³/mol. The van der Waals surface area contributed by atoms with Gasteiger partial charge >= 0.3 is 12.1 Å². The lowest BCUT2D eigenvalue weighted by atomic mass is 10.1. The van der Waals surface area contributed by atoms with Crippen molar-refractivity contribution in [1.82, 2.24) is 4.90 Å². The molecule has 0 N–H and O–H groups in total. The highest BCUT2D eigenvalue weighted by Gasteiger charge is 2.44. The maximum Gasteiger partial charge on any atom is 0.411 e. The van der Waals surface area contributed by atoms with E-state index in [-0.39, 0.29) is 18.2 Å². The summed E-state index contributed by atoms with van der Waals surface area (Å²) in [6.07, 6.45) is 0.713. The largest absolute Gasteiger partial charge is 0.458 e. The third-order valence-corrected chi connectivity index (χ3v) is 3.31. The third kappa shape index (κ3) is 6.20. The van der Waals surface area contributed by atoms with Crippen LogP contribution in [0, 0.1) is 0 Å². The van der Waals surface area contributed by atoms with Gasteiger partial charge in [0.1, 0.15) is 23.0 Å². The van der Waals surface area contributed by atoms with Gasteiger partial charge in [-0.05, 0) is 61.3 Å². The molecule has 1 aliphatic rings. The highest BCUT2D eigenvalue weighted by Crippen LogP contribution is 2.30. The summed E-state index contributed by atoms with van der Waals surface area (Å²) in [7, 11) is 0. The zero-order valence-corrected chi connectivity index (χ0v) is 15.3. The number of ether oxygens (including phenoxy) is 2. The molecule has 1 fully saturated rings. The Morgan fingerprint density at radius 1 is 0.957 bits per heavy atom. The first-order chi connectivity index (χ1) is 10.3. The number of hydrogen-bond donors (Lipinski definition) is 0. The summed E-state index contributed by atoms with van der Waals surface area (Å²) >= 11 is 0. The van der Waals surface area contributed by atoms with Crippen molar-refractivity contribution in [2.75, 3.05) is 0 Å². The molecule has 2 atom stereocenters. The van der Waals surface area contributed by atoms with Gasteiger partial charge in [-0.2, -0.15) is 0 Å². The first-order valence-corrected chi connectivity index (χ1v) is 8.04. The van der Waals surface area contributed by atoms with Crippen molar-refractivity contribution >= 4 is 17.8 Å². The van der Waals surface area contributed by atoms with E-state index in [1.807, 2.05) is 0 Å². The Balaban J connectivity index is 2.97. The number of amides is 1. The van der Waals surface area contributed by atoms with Gasteiger partial charge < -0.3 is 9.47 Å². The molecule has 132 valence electrons. The van der Waals surface area contributed by atoms with Gasteiger partial charge in [-0.15, -0.1) is 0 Å². The summed E-state index contributed by atoms with van der Waals surface area (Å²) in [5.74, 6) is -0.470. The van der Waals surface area contributed by atoms with Crippen molar-refractivity contribution in [2.45, 2.75) is 91.0 Å². The summed E-state index contributed by atoms with van der Waals surface area (Å²) in [5, 5.41) is 0. The minimum atomic E-state index is -0.701. The summed E-state index contributed by atoms with van der Waals surface area (Å²) in [4.78, 5) is 37.8. The van der Waals surface area contributed by atoms with Crippen LogP contribution in [-0.4, -0.2) is 46.0 Å². The van der Waals surface area contributed by atoms with Crippen LogP contribution in [0.15, 0.2) is 0 Å². The van der Waals surface area contributed by atoms with Gasteiger partial charge in [-0.1, -0.05) is 0 Å². The van der Waals surface area contributed by atoms with E-state index in [1.54, 1.807) is 41.5 Å². The normalized spacial score (nSPS) is 22.0. The minimum Gasteiger partial charge on any atom is -0.458 e. The molecule has 1 heterocycles. The Morgan fingerprint density at radius 2 is 1.48 bits per heavy atom. The Bertz CT molecular complexity index is 472. The second-order valence-corrected chi connectivity index (χ2v) is 8.07. The van der Waals surface area contributed by atoms with Crippen LogP contribution in [0.25, 0.3) is 0 Å². The standard InChI is InChI=1S/C17H29NO5/c1-11(19)10-12-8-9-13(14(20)22-16(2,3)4)18(12)15(21)23-17(5,6)7/h12-13H,8-10H2,1-7H3/t12-,13+/m0/s1. The zero-order valence-electron chi connectivity index (χ0n) is 15.3. The number of carbonyl (C=O) groups excluding carboxylic acids is 3. The molecular weight excluding hydrogens is 298 g/mol. The van der Waals surface area contributed by atoms with Gasteiger partial charge in [0, 0.05) is 12.5 Å². The molecule has 1 rings (SSSR count). The van der Waals surface area contributed by atoms with Crippen molar-refractivity contribution in [1.29, 1.82) is 0 Å². The van der Waals surface area contributed by atoms with Crippen molar-refractivity contribution in [3.8, 4) is 0 Å². The molecule has 6 heteroatoms. The molecule has 0 unspecified atom stereocenters. The molecule has 0 aliphatic carbocycles. The number of rotatable bonds is 3. The van der Waals surface area contributed by atoms with E-state index >= 15 is 0 Å². The monoisotopic (exact) mass is 327 g/mol. The van der Waals surface area contributed by atoms with Crippen LogP contribution in [0.2, 0.25) is 0 Å². The molecule has 0 aromatic carbocycles. The van der Waals surface area contributed by atoms with E-state index in [4.69, 9.17) is 9.47 Å². The van der Waals surface area contributed by atoms with E-state index in [0.29, 0.717) is 12.8 Å². The van der Waals surface area contributed by atoms with Crippen LogP contribution in [-0.2, 0) is 19.1 Å². The number of ketones is 1. The Hall–Kier alpha value is -1.59. The molecule has 23 heavy (non-hydrogen) atoms. The average molecular weight is 327 g/mol. The molecule has 6 nitrogen and oxygen atoms in total. The lowest BCUT2D eigenvalue weighted by molar-refractivity contribution is -0.160. The number of likely N-dealkylation sites (tertiary alicyclic amines) is 1. The van der Waals surface area contributed by atoms with Gasteiger partial charge in [-0.25, -0.2) is 9.59 Å². The zero-order chi connectivity index (χ0) is 18.0. The van der Waals surface area contributed by atoms with Crippen molar-refractivity contribution < 1.29 is 23.9 Å². The molecule has 1 aliphatic heterocycles. The number of hydrogen-bond acceptors (Lipinski definition) is 5. The first kappa shape index (κ1) is 19.5. The van der Waals surface area contributed by atoms with Crippen molar-refractivity contribution in [3.63, 3.8) is 0 Å². The van der Waals surface area contributed by atoms with Gasteiger partial charge in [0.15, 0.2) is 0 Å². The van der Waals surface area contributed by atoms with Gasteiger partial charge in [-0.3, -0.25) is 9.69 Å². The van der Waals surface area contributed by atoms with E-state index in [9.17, 15) is 14.4 Å². The van der Waals surface area contributed by atoms with E-state index in [2.05, 4.69) is 0 Å². The topological polar surface area (TPSA) is 72.9 Å². The molecule has 0 saturated carbocycles. The Labute approximate surface area is 138 Å². The lowest BCUT2D eigenvalue weighted by Crippen LogP contribution is -2.49. The molecular formula is C17H29NO5. The second kappa shape index (κ2) is 6.89. The maximum absolute atomic E-state index is 12.5. The lowest BCUT2D eigenvalue weighted by Gasteiger charge is -2.32. The smallest absolute Gasteiger partial charge is 0.411 e. The van der Waals surface area contributed by atoms with Crippen LogP contribution in [0.4, 0.5) is 4.79 Å². The summed E-state index contributed by atoms with van der Waals surface area (Å²) in [6.45, 7) is 12.1. The van der Waals surface area contributed by atoms with Crippen LogP contribution in [0.3, 0.4) is 0 Å². The Morgan fingerprint density at radius 3 is 1.91 bits per heavy atom. The number of esters is 1. The van der Waals surface area contributed by atoms with Gasteiger partial charge in [0.05, 0.1) is 0 Å². The molecule has 0 aromatic heterocycles. The van der Waals surface area contributed by atoms with Gasteiger partial charge in [0.2, 0.25) is 0 Å². The van der Waals surface area contributed by atoms with Crippen LogP contribution in [0.1, 0.15) is 67.7 Å². The molecule has 1 saturated heterocycles. The highest BCUT2D eigenvalue weighted by molar-refractivity contribution is 5.84. The highest BCUT2D eigenvalue weighted by atomic mass is 16.6. The maximum atomic E-state index is 12.5. The summed E-state index contributed by atoms with van der Waals surface area (Å²) in [5.41, 5.74) is -1.30. The molecule has 0 aromatic rings.